The molecule has 0 aliphatic rings. The van der Waals surface area contributed by atoms with E-state index in [1.807, 2.05) is 0 Å². The summed E-state index contributed by atoms with van der Waals surface area (Å²) in [6, 6.07) is 0. The van der Waals surface area contributed by atoms with Crippen molar-refractivity contribution in [3.05, 3.63) is 0 Å². The van der Waals surface area contributed by atoms with Gasteiger partial charge in [-0.3, -0.25) is 9.59 Å². The topological polar surface area (TPSA) is 84.9 Å². The fourth-order valence-electron chi connectivity index (χ4n) is 0.921. The summed E-state index contributed by atoms with van der Waals surface area (Å²) in [6.45, 7) is 3.26. The summed E-state index contributed by atoms with van der Waals surface area (Å²) in [5.41, 5.74) is -1.44. The van der Waals surface area contributed by atoms with Crippen LogP contribution in [0.2, 0.25) is 0 Å². The van der Waals surface area contributed by atoms with Crippen LogP contribution in [0.1, 0.15) is 13.8 Å². The van der Waals surface area contributed by atoms with E-state index in [4.69, 9.17) is 14.6 Å². The first-order valence-corrected chi connectivity index (χ1v) is 4.89. The molecule has 0 bridgehead atoms. The van der Waals surface area contributed by atoms with E-state index >= 15 is 0 Å². The third-order valence-electron chi connectivity index (χ3n) is 2.28. The summed E-state index contributed by atoms with van der Waals surface area (Å²) in [4.78, 5) is 22.3. The molecule has 1 unspecified atom stereocenters. The Kier molecular flexibility index (Phi) is 5.98. The molecular weight excluding hydrogens is 214 g/mol. The van der Waals surface area contributed by atoms with Gasteiger partial charge in [0.05, 0.1) is 12.7 Å². The molecule has 1 amide bonds. The molecule has 0 aliphatic heterocycles. The van der Waals surface area contributed by atoms with E-state index in [0.717, 1.165) is 0 Å². The lowest BCUT2D eigenvalue weighted by molar-refractivity contribution is -0.153. The van der Waals surface area contributed by atoms with Crippen molar-refractivity contribution in [2.24, 2.45) is 5.41 Å². The summed E-state index contributed by atoms with van der Waals surface area (Å²) >= 11 is 0. The summed E-state index contributed by atoms with van der Waals surface area (Å²) in [6.07, 6.45) is -0.279. The van der Waals surface area contributed by atoms with Crippen LogP contribution in [-0.2, 0) is 19.1 Å². The van der Waals surface area contributed by atoms with E-state index in [9.17, 15) is 9.59 Å². The van der Waals surface area contributed by atoms with Gasteiger partial charge in [0.25, 0.3) is 0 Å². The number of carbonyl (C=O) groups is 2. The highest BCUT2D eigenvalue weighted by Gasteiger charge is 2.35. The Hall–Kier alpha value is -1.14. The van der Waals surface area contributed by atoms with E-state index < -0.39 is 17.3 Å². The van der Waals surface area contributed by atoms with Crippen LogP contribution >= 0.6 is 0 Å². The van der Waals surface area contributed by atoms with Gasteiger partial charge in [0, 0.05) is 20.8 Å². The molecule has 0 heterocycles. The average molecular weight is 233 g/mol. The van der Waals surface area contributed by atoms with Gasteiger partial charge < -0.3 is 19.9 Å². The van der Waals surface area contributed by atoms with E-state index in [1.54, 1.807) is 0 Å². The summed E-state index contributed by atoms with van der Waals surface area (Å²) in [7, 11) is 3.02. The van der Waals surface area contributed by atoms with E-state index in [1.165, 1.54) is 28.1 Å². The number of nitrogens with one attached hydrogen (secondary N) is 1. The lowest BCUT2D eigenvalue weighted by Gasteiger charge is -2.21. The van der Waals surface area contributed by atoms with Crippen molar-refractivity contribution in [2.75, 3.05) is 27.4 Å². The summed E-state index contributed by atoms with van der Waals surface area (Å²) < 4.78 is 9.89. The van der Waals surface area contributed by atoms with Crippen molar-refractivity contribution >= 4 is 11.9 Å². The molecule has 0 aromatic rings. The van der Waals surface area contributed by atoms with Crippen molar-refractivity contribution in [2.45, 2.75) is 20.0 Å². The molecule has 0 aromatic carbocycles. The van der Waals surface area contributed by atoms with E-state index in [-0.39, 0.29) is 12.6 Å². The molecule has 0 fully saturated rings. The molecule has 0 saturated heterocycles. The monoisotopic (exact) mass is 233 g/mol. The highest BCUT2D eigenvalue weighted by Crippen LogP contribution is 2.14. The van der Waals surface area contributed by atoms with Crippen molar-refractivity contribution < 1.29 is 24.2 Å². The Bertz CT molecular complexity index is 252. The van der Waals surface area contributed by atoms with Crippen molar-refractivity contribution in [3.8, 4) is 0 Å². The Morgan fingerprint density at radius 1 is 1.38 bits per heavy atom. The predicted molar refractivity (Wildman–Crippen MR) is 57.1 cm³/mol. The minimum atomic E-state index is -1.44. The van der Waals surface area contributed by atoms with Gasteiger partial charge in [0.1, 0.15) is 5.41 Å². The molecule has 0 spiro atoms. The van der Waals surface area contributed by atoms with Gasteiger partial charge in [-0.2, -0.15) is 0 Å². The Balaban J connectivity index is 4.20. The van der Waals surface area contributed by atoms with Crippen LogP contribution in [0, 0.1) is 5.41 Å². The minimum absolute atomic E-state index is 0.222. The second kappa shape index (κ2) is 6.44. The number of carboxylic acid groups (broad SMARTS) is 1. The van der Waals surface area contributed by atoms with Crippen LogP contribution in [0.15, 0.2) is 0 Å². The normalized spacial score (nSPS) is 13.2. The minimum Gasteiger partial charge on any atom is -0.480 e. The molecule has 0 aromatic heterocycles. The number of aliphatic carboxylic acids is 1. The molecule has 0 aliphatic carbocycles. The number of carbonyl (C=O) groups excluding carboxylic acids is 1. The summed E-state index contributed by atoms with van der Waals surface area (Å²) in [5.74, 6) is -1.70. The Labute approximate surface area is 94.9 Å². The first-order valence-electron chi connectivity index (χ1n) is 4.89. The highest BCUT2D eigenvalue weighted by molar-refractivity contribution is 6.00. The molecule has 6 heteroatoms. The largest absolute Gasteiger partial charge is 0.480 e. The standard InChI is InChI=1S/C10H19NO5/c1-10(2,9(13)14)8(12)11-5-7(16-4)6-15-3/h7H,5-6H2,1-4H3,(H,11,12)(H,13,14). The number of ether oxygens (including phenoxy) is 2. The number of carboxylic acids is 1. The van der Waals surface area contributed by atoms with Gasteiger partial charge >= 0.3 is 5.97 Å². The molecule has 0 rings (SSSR count). The van der Waals surface area contributed by atoms with Crippen molar-refractivity contribution in [1.82, 2.24) is 5.32 Å². The van der Waals surface area contributed by atoms with Crippen LogP contribution < -0.4 is 5.32 Å². The van der Waals surface area contributed by atoms with E-state index in [2.05, 4.69) is 5.32 Å². The van der Waals surface area contributed by atoms with Gasteiger partial charge in [0.2, 0.25) is 5.91 Å². The second-order valence-corrected chi connectivity index (χ2v) is 3.95. The summed E-state index contributed by atoms with van der Waals surface area (Å²) in [5, 5.41) is 11.3. The quantitative estimate of drug-likeness (QED) is 0.598. The fourth-order valence-corrected chi connectivity index (χ4v) is 0.921. The lowest BCUT2D eigenvalue weighted by Crippen LogP contribution is -2.45. The zero-order chi connectivity index (χ0) is 12.8. The maximum absolute atomic E-state index is 11.5. The Morgan fingerprint density at radius 2 is 1.94 bits per heavy atom. The van der Waals surface area contributed by atoms with Crippen molar-refractivity contribution in [3.63, 3.8) is 0 Å². The molecule has 0 saturated carbocycles. The molecule has 94 valence electrons. The molecular formula is C10H19NO5. The lowest BCUT2D eigenvalue weighted by atomic mass is 9.93. The van der Waals surface area contributed by atoms with Crippen molar-refractivity contribution in [1.29, 1.82) is 0 Å². The zero-order valence-electron chi connectivity index (χ0n) is 10.1. The van der Waals surface area contributed by atoms with Crippen LogP contribution in [0.25, 0.3) is 0 Å². The molecule has 2 N–H and O–H groups in total. The van der Waals surface area contributed by atoms with Crippen LogP contribution in [-0.4, -0.2) is 50.5 Å². The number of hydrogen-bond acceptors (Lipinski definition) is 4. The smallest absolute Gasteiger partial charge is 0.318 e. The Morgan fingerprint density at radius 3 is 2.31 bits per heavy atom. The number of methoxy groups -OCH3 is 2. The average Bonchev–Trinajstić information content (AvgIpc) is 2.23. The van der Waals surface area contributed by atoms with Gasteiger partial charge in [-0.15, -0.1) is 0 Å². The third kappa shape index (κ3) is 4.16. The SMILES string of the molecule is COCC(CNC(=O)C(C)(C)C(=O)O)OC. The number of rotatable bonds is 7. The first-order chi connectivity index (χ1) is 7.36. The predicted octanol–water partition coefficient (Wildman–Crippen LogP) is -0.125. The second-order valence-electron chi connectivity index (χ2n) is 3.95. The molecule has 16 heavy (non-hydrogen) atoms. The van der Waals surface area contributed by atoms with Gasteiger partial charge in [-0.05, 0) is 13.8 Å². The van der Waals surface area contributed by atoms with Crippen LogP contribution in [0.4, 0.5) is 0 Å². The van der Waals surface area contributed by atoms with Gasteiger partial charge in [-0.25, -0.2) is 0 Å². The fraction of sp³-hybridized carbons (Fsp3) is 0.800. The molecule has 1 atom stereocenters. The van der Waals surface area contributed by atoms with Crippen LogP contribution in [0.5, 0.6) is 0 Å². The molecule has 6 nitrogen and oxygen atoms in total. The zero-order valence-corrected chi connectivity index (χ0v) is 10.1. The number of hydrogen-bond donors (Lipinski definition) is 2. The third-order valence-corrected chi connectivity index (χ3v) is 2.28. The maximum Gasteiger partial charge on any atom is 0.318 e. The van der Waals surface area contributed by atoms with Gasteiger partial charge in [0.15, 0.2) is 0 Å². The van der Waals surface area contributed by atoms with E-state index in [0.29, 0.717) is 6.61 Å². The number of amides is 1. The van der Waals surface area contributed by atoms with Gasteiger partial charge in [-0.1, -0.05) is 0 Å². The maximum atomic E-state index is 11.5. The highest BCUT2D eigenvalue weighted by atomic mass is 16.5. The first kappa shape index (κ1) is 14.9. The van der Waals surface area contributed by atoms with Crippen LogP contribution in [0.3, 0.4) is 0 Å². The molecule has 0 radical (unpaired) electrons.